The summed E-state index contributed by atoms with van der Waals surface area (Å²) in [5, 5.41) is 3.93. The van der Waals surface area contributed by atoms with Crippen LogP contribution in [0.3, 0.4) is 0 Å². The molecule has 0 unspecified atom stereocenters. The molecule has 2 nitrogen and oxygen atoms in total. The molecule has 43 valence electrons. The number of aromatic nitrogens is 2. The Morgan fingerprint density at radius 2 is 2.44 bits per heavy atom. The normalized spacial score (nSPS) is 10.2. The SMILES string of the molecule is [c]1ccc2cccn2n1. The Bertz CT molecular complexity index is 281. The van der Waals surface area contributed by atoms with Crippen molar-refractivity contribution < 1.29 is 0 Å². The highest BCUT2D eigenvalue weighted by molar-refractivity contribution is 5.44. The third-order valence-corrected chi connectivity index (χ3v) is 1.25. The van der Waals surface area contributed by atoms with Crippen molar-refractivity contribution >= 4 is 5.52 Å². The maximum absolute atomic E-state index is 3.93. The molecule has 0 saturated heterocycles. The van der Waals surface area contributed by atoms with Gasteiger partial charge in [-0.3, -0.25) is 0 Å². The van der Waals surface area contributed by atoms with E-state index in [0.717, 1.165) is 5.52 Å². The van der Waals surface area contributed by atoms with Crippen molar-refractivity contribution in [1.82, 2.24) is 9.61 Å². The minimum Gasteiger partial charge on any atom is -0.240 e. The van der Waals surface area contributed by atoms with E-state index in [4.69, 9.17) is 0 Å². The molecule has 2 heteroatoms. The zero-order valence-corrected chi connectivity index (χ0v) is 4.78. The van der Waals surface area contributed by atoms with Gasteiger partial charge in [0.25, 0.3) is 0 Å². The predicted octanol–water partition coefficient (Wildman–Crippen LogP) is 1.13. The van der Waals surface area contributed by atoms with Crippen LogP contribution in [0.25, 0.3) is 5.52 Å². The van der Waals surface area contributed by atoms with Crippen LogP contribution in [-0.2, 0) is 0 Å². The van der Waals surface area contributed by atoms with Crippen LogP contribution < -0.4 is 0 Å². The second-order valence-corrected chi connectivity index (χ2v) is 1.84. The summed E-state index contributed by atoms with van der Waals surface area (Å²) in [7, 11) is 0. The fourth-order valence-corrected chi connectivity index (χ4v) is 0.827. The number of nitrogens with zero attached hydrogens (tertiary/aromatic N) is 2. The lowest BCUT2D eigenvalue weighted by atomic mass is 10.5. The van der Waals surface area contributed by atoms with Gasteiger partial charge in [-0.2, -0.15) is 5.10 Å². The van der Waals surface area contributed by atoms with E-state index in [1.807, 2.05) is 24.4 Å². The molecule has 0 spiro atoms. The van der Waals surface area contributed by atoms with Gasteiger partial charge < -0.3 is 0 Å². The number of hydrogen-bond acceptors (Lipinski definition) is 1. The van der Waals surface area contributed by atoms with Crippen LogP contribution in [0.2, 0.25) is 0 Å². The lowest BCUT2D eigenvalue weighted by Gasteiger charge is -1.86. The lowest BCUT2D eigenvalue weighted by Crippen LogP contribution is -1.84. The average molecular weight is 117 g/mol. The van der Waals surface area contributed by atoms with Crippen LogP contribution in [0.1, 0.15) is 0 Å². The van der Waals surface area contributed by atoms with Gasteiger partial charge in [-0.1, -0.05) is 0 Å². The van der Waals surface area contributed by atoms with Gasteiger partial charge in [0.05, 0.1) is 5.52 Å². The molecule has 2 aromatic heterocycles. The van der Waals surface area contributed by atoms with Gasteiger partial charge in [0.1, 0.15) is 6.20 Å². The Labute approximate surface area is 52.7 Å². The lowest BCUT2D eigenvalue weighted by molar-refractivity contribution is 0.935. The zero-order valence-electron chi connectivity index (χ0n) is 4.78. The van der Waals surface area contributed by atoms with E-state index in [9.17, 15) is 0 Å². The quantitative estimate of drug-likeness (QED) is 0.505. The molecule has 0 atom stereocenters. The highest BCUT2D eigenvalue weighted by Crippen LogP contribution is 1.98. The minimum absolute atomic E-state index is 1.11. The molecule has 0 aliphatic heterocycles. The maximum Gasteiger partial charge on any atom is 0.111 e. The molecule has 0 amide bonds. The summed E-state index contributed by atoms with van der Waals surface area (Å²) in [4.78, 5) is 0. The van der Waals surface area contributed by atoms with Crippen molar-refractivity contribution in [2.75, 3.05) is 0 Å². The molecule has 0 aromatic carbocycles. The van der Waals surface area contributed by atoms with Crippen LogP contribution in [0.4, 0.5) is 0 Å². The van der Waals surface area contributed by atoms with E-state index in [1.54, 1.807) is 10.6 Å². The van der Waals surface area contributed by atoms with E-state index >= 15 is 0 Å². The summed E-state index contributed by atoms with van der Waals surface area (Å²) >= 11 is 0. The molecule has 0 N–H and O–H groups in total. The van der Waals surface area contributed by atoms with Gasteiger partial charge in [0.15, 0.2) is 0 Å². The summed E-state index contributed by atoms with van der Waals surface area (Å²) < 4.78 is 1.78. The topological polar surface area (TPSA) is 17.3 Å². The van der Waals surface area contributed by atoms with Gasteiger partial charge in [-0.25, -0.2) is 4.52 Å². The van der Waals surface area contributed by atoms with Gasteiger partial charge in [0, 0.05) is 6.20 Å². The Balaban J connectivity index is 2.95. The van der Waals surface area contributed by atoms with E-state index in [-0.39, 0.29) is 0 Å². The third kappa shape index (κ3) is 0.598. The summed E-state index contributed by atoms with van der Waals surface area (Å²) in [6, 6.07) is 7.72. The Hall–Kier alpha value is -1.31. The predicted molar refractivity (Wildman–Crippen MR) is 34.0 cm³/mol. The van der Waals surface area contributed by atoms with Crippen LogP contribution in [0.15, 0.2) is 30.5 Å². The summed E-state index contributed by atoms with van der Waals surface area (Å²) in [6.45, 7) is 0. The fourth-order valence-electron chi connectivity index (χ4n) is 0.827. The van der Waals surface area contributed by atoms with Crippen LogP contribution in [0.5, 0.6) is 0 Å². The highest BCUT2D eigenvalue weighted by Gasteiger charge is 1.85. The first-order valence-electron chi connectivity index (χ1n) is 2.77. The smallest absolute Gasteiger partial charge is 0.111 e. The molecule has 2 aromatic rings. The molecule has 0 fully saturated rings. The first-order valence-corrected chi connectivity index (χ1v) is 2.77. The standard InChI is InChI=1S/C7H5N2/c1-3-7-4-2-6-9(7)8-5-1/h1-4,6H. The molecular formula is C7H5N2. The van der Waals surface area contributed by atoms with Gasteiger partial charge >= 0.3 is 0 Å². The molecule has 0 aliphatic rings. The summed E-state index contributed by atoms with van der Waals surface area (Å²) in [5.41, 5.74) is 1.11. The molecule has 0 saturated carbocycles. The second kappa shape index (κ2) is 1.58. The Morgan fingerprint density at radius 1 is 1.44 bits per heavy atom. The average Bonchev–Trinajstić information content (AvgIpc) is 2.33. The minimum atomic E-state index is 1.11. The largest absolute Gasteiger partial charge is 0.240 e. The summed E-state index contributed by atoms with van der Waals surface area (Å²) in [5.74, 6) is 0. The molecule has 0 aliphatic carbocycles. The van der Waals surface area contributed by atoms with Crippen molar-refractivity contribution in [1.29, 1.82) is 0 Å². The van der Waals surface area contributed by atoms with Crippen molar-refractivity contribution in [2.24, 2.45) is 0 Å². The molecule has 0 bridgehead atoms. The fraction of sp³-hybridized carbons (Fsp3) is 0. The van der Waals surface area contributed by atoms with Gasteiger partial charge in [-0.05, 0) is 24.3 Å². The van der Waals surface area contributed by atoms with Gasteiger partial charge in [0.2, 0.25) is 0 Å². The van der Waals surface area contributed by atoms with Gasteiger partial charge in [-0.15, -0.1) is 0 Å². The zero-order chi connectivity index (χ0) is 6.10. The van der Waals surface area contributed by atoms with Crippen molar-refractivity contribution in [3.63, 3.8) is 0 Å². The van der Waals surface area contributed by atoms with E-state index in [1.165, 1.54) is 0 Å². The summed E-state index contributed by atoms with van der Waals surface area (Å²) in [6.07, 6.45) is 4.63. The molecule has 1 radical (unpaired) electrons. The van der Waals surface area contributed by atoms with E-state index in [2.05, 4.69) is 11.3 Å². The third-order valence-electron chi connectivity index (χ3n) is 1.25. The van der Waals surface area contributed by atoms with Crippen molar-refractivity contribution in [3.8, 4) is 0 Å². The van der Waals surface area contributed by atoms with Crippen LogP contribution in [-0.4, -0.2) is 9.61 Å². The molecule has 2 heterocycles. The van der Waals surface area contributed by atoms with Crippen molar-refractivity contribution in [3.05, 3.63) is 36.7 Å². The first-order chi connectivity index (χ1) is 4.47. The van der Waals surface area contributed by atoms with Crippen LogP contribution >= 0.6 is 0 Å². The highest BCUT2D eigenvalue weighted by atomic mass is 15.2. The number of fused-ring (bicyclic) bond motifs is 1. The molecule has 9 heavy (non-hydrogen) atoms. The Morgan fingerprint density at radius 3 is 3.33 bits per heavy atom. The number of rotatable bonds is 0. The maximum atomic E-state index is 3.93. The van der Waals surface area contributed by atoms with E-state index < -0.39 is 0 Å². The van der Waals surface area contributed by atoms with Crippen LogP contribution in [0, 0.1) is 6.20 Å². The molecular weight excluding hydrogens is 112 g/mol. The van der Waals surface area contributed by atoms with Crippen molar-refractivity contribution in [2.45, 2.75) is 0 Å². The van der Waals surface area contributed by atoms with E-state index in [0.29, 0.717) is 0 Å². The second-order valence-electron chi connectivity index (χ2n) is 1.84. The first kappa shape index (κ1) is 4.56. The molecule has 2 rings (SSSR count). The monoisotopic (exact) mass is 117 g/mol. The number of hydrogen-bond donors (Lipinski definition) is 0. The Kier molecular flexibility index (Phi) is 0.803.